The van der Waals surface area contributed by atoms with Gasteiger partial charge in [0.25, 0.3) is 0 Å². The molecule has 0 bridgehead atoms. The number of aromatic amines is 1. The van der Waals surface area contributed by atoms with E-state index in [1.54, 1.807) is 12.1 Å². The van der Waals surface area contributed by atoms with E-state index in [0.29, 0.717) is 17.7 Å². The Bertz CT molecular complexity index is 2120. The fourth-order valence-corrected chi connectivity index (χ4v) is 7.38. The van der Waals surface area contributed by atoms with Gasteiger partial charge in [0, 0.05) is 37.8 Å². The Morgan fingerprint density at radius 3 is 1.97 bits per heavy atom. The molecule has 0 radical (unpaired) electrons. The lowest BCUT2D eigenvalue weighted by Crippen LogP contribution is -2.61. The number of phenols is 1. The van der Waals surface area contributed by atoms with E-state index >= 15 is 0 Å². The van der Waals surface area contributed by atoms with E-state index < -0.39 is 90.3 Å². The number of carboxylic acid groups (broad SMARTS) is 1. The van der Waals surface area contributed by atoms with Crippen LogP contribution in [0.15, 0.2) is 72.1 Å². The number of aliphatic carboxylic acids is 1. The van der Waals surface area contributed by atoms with Crippen LogP contribution in [0.1, 0.15) is 62.8 Å². The molecule has 6 amide bonds. The smallest absolute Gasteiger partial charge is 0.326 e. The van der Waals surface area contributed by atoms with Crippen LogP contribution in [0.4, 0.5) is 0 Å². The van der Waals surface area contributed by atoms with E-state index in [4.69, 9.17) is 17.2 Å². The molecule has 1 fully saturated rings. The molecule has 66 heavy (non-hydrogen) atoms. The highest BCUT2D eigenvalue weighted by Gasteiger charge is 2.39. The molecule has 7 atom stereocenters. The van der Waals surface area contributed by atoms with Gasteiger partial charge in [0.05, 0.1) is 19.0 Å². The number of aliphatic hydroxyl groups is 1. The first-order valence-corrected chi connectivity index (χ1v) is 21.7. The number of carbonyl (C=O) groups is 7. The number of benzene rings is 2. The van der Waals surface area contributed by atoms with Crippen molar-refractivity contribution in [2.75, 3.05) is 19.7 Å². The molecular formula is C44H62N12O10. The summed E-state index contributed by atoms with van der Waals surface area (Å²) in [5, 5.41) is 43.0. The third-order valence-electron chi connectivity index (χ3n) is 10.8. The standard InChI is InChI=1S/C44H62N12O10/c1-25(2)18-34(42(64)56-17-7-11-36(56)43(65)66)54-41(63)35(23-57)55-39(61)32(20-27-12-14-29(58)15-13-27)53-38(60)31(10-6-16-49-44(46)47)51-40(62)33(21-28-22-48-24-50-28)52-37(59)30(45)19-26-8-4-3-5-9-26/h3-5,8-9,12-15,22,24-25,30-36,57-58H,6-7,10-11,16-21,23,45H2,1-2H3,(H,48,50)(H,51,62)(H,52,59)(H,53,60)(H,54,63)(H,55,61)(H,65,66)(H4,46,47,49). The molecule has 1 aliphatic heterocycles. The highest BCUT2D eigenvalue weighted by atomic mass is 16.4. The summed E-state index contributed by atoms with van der Waals surface area (Å²) in [5.41, 5.74) is 19.0. The minimum Gasteiger partial charge on any atom is -0.508 e. The molecule has 2 aromatic carbocycles. The highest BCUT2D eigenvalue weighted by molar-refractivity contribution is 5.97. The number of H-pyrrole nitrogens is 1. The predicted octanol–water partition coefficient (Wildman–Crippen LogP) is -1.94. The molecule has 7 unspecified atom stereocenters. The topological polar surface area (TPSA) is 363 Å². The number of carboxylic acids is 1. The summed E-state index contributed by atoms with van der Waals surface area (Å²) in [6, 6.07) is 5.77. The first kappa shape index (κ1) is 51.6. The number of rotatable bonds is 25. The summed E-state index contributed by atoms with van der Waals surface area (Å²) in [7, 11) is 0. The number of guanidine groups is 1. The maximum absolute atomic E-state index is 14.3. The monoisotopic (exact) mass is 918 g/mol. The first-order valence-electron chi connectivity index (χ1n) is 21.7. The van der Waals surface area contributed by atoms with Crippen LogP contribution in [0, 0.1) is 5.92 Å². The molecule has 22 heteroatoms. The van der Waals surface area contributed by atoms with Crippen LogP contribution < -0.4 is 43.8 Å². The third kappa shape index (κ3) is 16.2. The molecule has 0 aliphatic carbocycles. The van der Waals surface area contributed by atoms with Crippen molar-refractivity contribution in [1.82, 2.24) is 41.5 Å². The van der Waals surface area contributed by atoms with Crippen LogP contribution in [0.5, 0.6) is 5.75 Å². The molecule has 3 aromatic rings. The average molecular weight is 919 g/mol. The zero-order valence-electron chi connectivity index (χ0n) is 37.0. The molecule has 2 heterocycles. The lowest BCUT2D eigenvalue weighted by Gasteiger charge is -2.30. The van der Waals surface area contributed by atoms with Crippen LogP contribution in [-0.4, -0.2) is 140 Å². The number of aromatic nitrogens is 2. The lowest BCUT2D eigenvalue weighted by molar-refractivity contribution is -0.149. The quantitative estimate of drug-likeness (QED) is 0.0250. The van der Waals surface area contributed by atoms with E-state index in [1.807, 2.05) is 32.0 Å². The van der Waals surface area contributed by atoms with E-state index in [1.165, 1.54) is 41.7 Å². The molecule has 4 rings (SSSR count). The number of nitrogens with two attached hydrogens (primary N) is 3. The second-order valence-electron chi connectivity index (χ2n) is 16.5. The van der Waals surface area contributed by atoms with E-state index in [0.717, 1.165) is 5.56 Å². The van der Waals surface area contributed by atoms with Crippen molar-refractivity contribution < 1.29 is 48.9 Å². The Labute approximate surface area is 381 Å². The number of carbonyl (C=O) groups excluding carboxylic acids is 6. The highest BCUT2D eigenvalue weighted by Crippen LogP contribution is 2.21. The van der Waals surface area contributed by atoms with Crippen LogP contribution >= 0.6 is 0 Å². The number of nitrogens with one attached hydrogen (secondary N) is 6. The van der Waals surface area contributed by atoms with Gasteiger partial charge >= 0.3 is 5.97 Å². The van der Waals surface area contributed by atoms with Crippen LogP contribution in [0.25, 0.3) is 0 Å². The van der Waals surface area contributed by atoms with Gasteiger partial charge in [-0.15, -0.1) is 0 Å². The number of amides is 6. The molecule has 0 saturated carbocycles. The maximum atomic E-state index is 14.3. The molecule has 1 saturated heterocycles. The minimum absolute atomic E-state index is 0.0599. The number of imidazole rings is 1. The third-order valence-corrected chi connectivity index (χ3v) is 10.8. The molecule has 15 N–H and O–H groups in total. The van der Waals surface area contributed by atoms with Crippen molar-refractivity contribution >= 4 is 47.4 Å². The van der Waals surface area contributed by atoms with Gasteiger partial charge in [0.2, 0.25) is 35.4 Å². The number of aliphatic hydroxyl groups excluding tert-OH is 1. The SMILES string of the molecule is CC(C)CC(NC(=O)C(CO)NC(=O)C(Cc1ccc(O)cc1)NC(=O)C(CCCN=C(N)N)NC(=O)C(Cc1cnc[nH]1)NC(=O)C(N)Cc1ccccc1)C(=O)N1CCCC1C(=O)O. The van der Waals surface area contributed by atoms with Gasteiger partial charge in [0.15, 0.2) is 5.96 Å². The molecule has 1 aliphatic rings. The molecule has 358 valence electrons. The fraction of sp³-hybridized carbons (Fsp3) is 0.477. The van der Waals surface area contributed by atoms with Crippen molar-refractivity contribution in [3.8, 4) is 5.75 Å². The fourth-order valence-electron chi connectivity index (χ4n) is 7.38. The predicted molar refractivity (Wildman–Crippen MR) is 241 cm³/mol. The summed E-state index contributed by atoms with van der Waals surface area (Å²) in [6.07, 6.45) is 3.70. The number of phenolic OH excluding ortho intramolecular Hbond substituents is 1. The van der Waals surface area contributed by atoms with Crippen LogP contribution in [0.2, 0.25) is 0 Å². The van der Waals surface area contributed by atoms with Crippen LogP contribution in [-0.2, 0) is 52.8 Å². The Hall–Kier alpha value is -7.07. The zero-order chi connectivity index (χ0) is 48.3. The van der Waals surface area contributed by atoms with Crippen LogP contribution in [0.3, 0.4) is 0 Å². The van der Waals surface area contributed by atoms with Gasteiger partial charge in [-0.3, -0.25) is 33.8 Å². The number of aromatic hydroxyl groups is 1. The first-order chi connectivity index (χ1) is 31.4. The average Bonchev–Trinajstić information content (AvgIpc) is 3.99. The van der Waals surface area contributed by atoms with Crippen molar-refractivity contribution in [3.63, 3.8) is 0 Å². The Morgan fingerprint density at radius 2 is 1.36 bits per heavy atom. The van der Waals surface area contributed by atoms with Crippen molar-refractivity contribution in [1.29, 1.82) is 0 Å². The maximum Gasteiger partial charge on any atom is 0.326 e. The minimum atomic E-state index is -1.64. The number of nitrogens with zero attached hydrogens (tertiary/aromatic N) is 3. The number of hydrogen-bond donors (Lipinski definition) is 12. The zero-order valence-corrected chi connectivity index (χ0v) is 37.0. The summed E-state index contributed by atoms with van der Waals surface area (Å²) >= 11 is 0. The summed E-state index contributed by atoms with van der Waals surface area (Å²) in [5.74, 6) is -6.35. The van der Waals surface area contributed by atoms with Crippen molar-refractivity contribution in [2.24, 2.45) is 28.1 Å². The molecular weight excluding hydrogens is 857 g/mol. The van der Waals surface area contributed by atoms with Crippen molar-refractivity contribution in [2.45, 2.75) is 108 Å². The molecule has 1 aromatic heterocycles. The summed E-state index contributed by atoms with van der Waals surface area (Å²) < 4.78 is 0. The summed E-state index contributed by atoms with van der Waals surface area (Å²) in [6.45, 7) is 2.93. The van der Waals surface area contributed by atoms with Gasteiger partial charge in [-0.25, -0.2) is 9.78 Å². The van der Waals surface area contributed by atoms with E-state index in [2.05, 4.69) is 41.5 Å². The van der Waals surface area contributed by atoms with E-state index in [-0.39, 0.29) is 75.7 Å². The van der Waals surface area contributed by atoms with Gasteiger partial charge < -0.3 is 69.0 Å². The number of aliphatic imine (C=N–C) groups is 1. The van der Waals surface area contributed by atoms with Gasteiger partial charge in [-0.05, 0) is 67.7 Å². The van der Waals surface area contributed by atoms with Gasteiger partial charge in [0.1, 0.15) is 42.0 Å². The lowest BCUT2D eigenvalue weighted by atomic mass is 10.0. The van der Waals surface area contributed by atoms with Crippen molar-refractivity contribution in [3.05, 3.63) is 83.9 Å². The Morgan fingerprint density at radius 1 is 0.788 bits per heavy atom. The Balaban J connectivity index is 1.57. The second-order valence-corrected chi connectivity index (χ2v) is 16.5. The largest absolute Gasteiger partial charge is 0.508 e. The molecule has 22 nitrogen and oxygen atoms in total. The normalized spacial score (nSPS) is 16.1. The van der Waals surface area contributed by atoms with Gasteiger partial charge in [-0.1, -0.05) is 56.3 Å². The van der Waals surface area contributed by atoms with Gasteiger partial charge in [-0.2, -0.15) is 0 Å². The summed E-state index contributed by atoms with van der Waals surface area (Å²) in [4.78, 5) is 107. The number of hydrogen-bond acceptors (Lipinski definition) is 12. The number of likely N-dealkylation sites (tertiary alicyclic amines) is 1. The second kappa shape index (κ2) is 25.4. The Kier molecular flexibility index (Phi) is 19.9. The van der Waals surface area contributed by atoms with E-state index in [9.17, 15) is 48.9 Å². The molecule has 0 spiro atoms.